The van der Waals surface area contributed by atoms with E-state index in [-0.39, 0.29) is 24.7 Å². The molecule has 1 amide bonds. The van der Waals surface area contributed by atoms with E-state index < -0.39 is 17.9 Å². The summed E-state index contributed by atoms with van der Waals surface area (Å²) in [6.45, 7) is 7.32. The Kier molecular flexibility index (Phi) is 7.62. The van der Waals surface area contributed by atoms with Crippen LogP contribution in [-0.2, 0) is 14.3 Å². The lowest BCUT2D eigenvalue weighted by molar-refractivity contribution is -0.140. The summed E-state index contributed by atoms with van der Waals surface area (Å²) in [6.07, 6.45) is 2.01. The zero-order chi connectivity index (χ0) is 19.9. The van der Waals surface area contributed by atoms with Crippen molar-refractivity contribution in [2.45, 2.75) is 57.8 Å². The number of carbonyl (C=O) groups excluding carboxylic acids is 1. The molecule has 1 aliphatic heterocycles. The van der Waals surface area contributed by atoms with Gasteiger partial charge in [-0.25, -0.2) is 4.79 Å². The first-order valence-electron chi connectivity index (χ1n) is 9.27. The third-order valence-electron chi connectivity index (χ3n) is 4.13. The monoisotopic (exact) mass is 379 g/mol. The number of benzene rings is 1. The molecule has 1 aromatic rings. The molecule has 0 saturated carbocycles. The molecule has 0 aromatic heterocycles. The molecule has 1 heterocycles. The van der Waals surface area contributed by atoms with Gasteiger partial charge in [-0.15, -0.1) is 0 Å². The van der Waals surface area contributed by atoms with Crippen LogP contribution in [0.5, 0.6) is 5.75 Å². The van der Waals surface area contributed by atoms with Crippen molar-refractivity contribution in [1.29, 1.82) is 0 Å². The average Bonchev–Trinajstić information content (AvgIpc) is 2.61. The molecule has 1 aliphatic rings. The lowest BCUT2D eigenvalue weighted by atomic mass is 10.1. The Hall–Kier alpha value is -2.12. The number of carboxylic acids is 1. The molecule has 0 radical (unpaired) electrons. The van der Waals surface area contributed by atoms with E-state index >= 15 is 0 Å². The van der Waals surface area contributed by atoms with Crippen molar-refractivity contribution in [3.63, 3.8) is 0 Å². The second-order valence-electron chi connectivity index (χ2n) is 7.57. The van der Waals surface area contributed by atoms with Crippen LogP contribution in [0.2, 0.25) is 0 Å². The number of carboxylic acid groups (broad SMARTS) is 1. The zero-order valence-corrected chi connectivity index (χ0v) is 16.2. The van der Waals surface area contributed by atoms with E-state index in [1.807, 2.05) is 20.8 Å². The van der Waals surface area contributed by atoms with Gasteiger partial charge < -0.3 is 24.6 Å². The summed E-state index contributed by atoms with van der Waals surface area (Å²) in [4.78, 5) is 23.7. The summed E-state index contributed by atoms with van der Waals surface area (Å²) < 4.78 is 16.7. The number of hydrogen-bond acceptors (Lipinski definition) is 5. The largest absolute Gasteiger partial charge is 0.490 e. The van der Waals surface area contributed by atoms with Gasteiger partial charge in [-0.3, -0.25) is 4.79 Å². The van der Waals surface area contributed by atoms with Crippen LogP contribution in [-0.4, -0.2) is 54.6 Å². The molecule has 1 fully saturated rings. The number of ether oxygens (including phenoxy) is 3. The molecule has 1 unspecified atom stereocenters. The lowest BCUT2D eigenvalue weighted by Gasteiger charge is -2.23. The molecule has 7 heteroatoms. The summed E-state index contributed by atoms with van der Waals surface area (Å²) in [6, 6.07) is 5.72. The highest BCUT2D eigenvalue weighted by atomic mass is 16.5. The van der Waals surface area contributed by atoms with Crippen LogP contribution in [0.3, 0.4) is 0 Å². The van der Waals surface area contributed by atoms with E-state index in [1.54, 1.807) is 24.3 Å². The number of carbonyl (C=O) groups is 2. The lowest BCUT2D eigenvalue weighted by Crippen LogP contribution is -2.42. The van der Waals surface area contributed by atoms with Crippen molar-refractivity contribution in [3.05, 3.63) is 29.8 Å². The van der Waals surface area contributed by atoms with Gasteiger partial charge in [0, 0.05) is 31.4 Å². The Morgan fingerprint density at radius 3 is 2.41 bits per heavy atom. The van der Waals surface area contributed by atoms with Crippen molar-refractivity contribution in [2.75, 3.05) is 19.8 Å². The Bertz CT molecular complexity index is 616. The number of nitrogens with one attached hydrogen (secondary N) is 1. The smallest absolute Gasteiger partial charge is 0.326 e. The van der Waals surface area contributed by atoms with E-state index in [2.05, 4.69) is 5.32 Å². The van der Waals surface area contributed by atoms with Gasteiger partial charge in [-0.2, -0.15) is 0 Å². The fourth-order valence-corrected chi connectivity index (χ4v) is 2.65. The molecule has 1 atom stereocenters. The third kappa shape index (κ3) is 7.56. The van der Waals surface area contributed by atoms with Gasteiger partial charge >= 0.3 is 5.97 Å². The van der Waals surface area contributed by atoms with Gasteiger partial charge in [0.05, 0.1) is 18.8 Å². The van der Waals surface area contributed by atoms with E-state index in [4.69, 9.17) is 14.2 Å². The van der Waals surface area contributed by atoms with E-state index in [1.165, 1.54) is 0 Å². The molecule has 1 aromatic carbocycles. The topological polar surface area (TPSA) is 94.1 Å². The standard InChI is InChI=1S/C20H29NO6/c1-20(2,3)26-13-10-17(19(23)24)21-18(22)14-4-6-15(7-5-14)27-16-8-11-25-12-9-16/h4-7,16-17H,8-13H2,1-3H3,(H,21,22)(H,23,24). The minimum atomic E-state index is -1.08. The average molecular weight is 379 g/mol. The van der Waals surface area contributed by atoms with E-state index in [9.17, 15) is 14.7 Å². The second-order valence-corrected chi connectivity index (χ2v) is 7.57. The van der Waals surface area contributed by atoms with E-state index in [0.29, 0.717) is 24.5 Å². The minimum Gasteiger partial charge on any atom is -0.490 e. The fourth-order valence-electron chi connectivity index (χ4n) is 2.65. The van der Waals surface area contributed by atoms with Gasteiger partial charge in [0.2, 0.25) is 0 Å². The zero-order valence-electron chi connectivity index (χ0n) is 16.2. The van der Waals surface area contributed by atoms with Gasteiger partial charge in [0.15, 0.2) is 0 Å². The van der Waals surface area contributed by atoms with Crippen LogP contribution >= 0.6 is 0 Å². The molecular weight excluding hydrogens is 350 g/mol. The maximum Gasteiger partial charge on any atom is 0.326 e. The minimum absolute atomic E-state index is 0.123. The van der Waals surface area contributed by atoms with Crippen LogP contribution in [0.15, 0.2) is 24.3 Å². The highest BCUT2D eigenvalue weighted by Crippen LogP contribution is 2.18. The summed E-state index contributed by atoms with van der Waals surface area (Å²) >= 11 is 0. The van der Waals surface area contributed by atoms with Gasteiger partial charge in [-0.1, -0.05) is 0 Å². The number of rotatable bonds is 8. The molecule has 2 N–H and O–H groups in total. The molecule has 0 aliphatic carbocycles. The fraction of sp³-hybridized carbons (Fsp3) is 0.600. The number of aliphatic carboxylic acids is 1. The maximum atomic E-state index is 12.3. The van der Waals surface area contributed by atoms with Crippen LogP contribution in [0.4, 0.5) is 0 Å². The molecule has 0 spiro atoms. The van der Waals surface area contributed by atoms with Crippen molar-refractivity contribution in [1.82, 2.24) is 5.32 Å². The Morgan fingerprint density at radius 2 is 1.85 bits per heavy atom. The Labute approximate surface area is 160 Å². The van der Waals surface area contributed by atoms with Crippen molar-refractivity contribution in [3.8, 4) is 5.75 Å². The second kappa shape index (κ2) is 9.71. The number of hydrogen-bond donors (Lipinski definition) is 2. The highest BCUT2D eigenvalue weighted by molar-refractivity contribution is 5.96. The molecule has 2 rings (SSSR count). The predicted molar refractivity (Wildman–Crippen MR) is 100 cm³/mol. The van der Waals surface area contributed by atoms with Gasteiger partial charge in [0.25, 0.3) is 5.91 Å². The summed E-state index contributed by atoms with van der Waals surface area (Å²) in [5, 5.41) is 11.9. The van der Waals surface area contributed by atoms with Crippen LogP contribution < -0.4 is 10.1 Å². The first-order valence-corrected chi connectivity index (χ1v) is 9.27. The van der Waals surface area contributed by atoms with Crippen molar-refractivity contribution >= 4 is 11.9 Å². The van der Waals surface area contributed by atoms with E-state index in [0.717, 1.165) is 12.8 Å². The van der Waals surface area contributed by atoms with Crippen molar-refractivity contribution < 1.29 is 28.9 Å². The molecular formula is C20H29NO6. The van der Waals surface area contributed by atoms with Gasteiger partial charge in [0.1, 0.15) is 17.9 Å². The summed E-state index contributed by atoms with van der Waals surface area (Å²) in [5.41, 5.74) is 0.0326. The molecule has 7 nitrogen and oxygen atoms in total. The third-order valence-corrected chi connectivity index (χ3v) is 4.13. The SMILES string of the molecule is CC(C)(C)OCCC(NC(=O)c1ccc(OC2CCOCC2)cc1)C(=O)O. The Balaban J connectivity index is 1.87. The molecule has 0 bridgehead atoms. The highest BCUT2D eigenvalue weighted by Gasteiger charge is 2.22. The van der Waals surface area contributed by atoms with Crippen molar-refractivity contribution in [2.24, 2.45) is 0 Å². The van der Waals surface area contributed by atoms with Gasteiger partial charge in [-0.05, 0) is 45.0 Å². The maximum absolute atomic E-state index is 12.3. The normalized spacial score (nSPS) is 16.6. The first-order chi connectivity index (χ1) is 12.7. The summed E-state index contributed by atoms with van der Waals surface area (Å²) in [5.74, 6) is -0.831. The molecule has 1 saturated heterocycles. The predicted octanol–water partition coefficient (Wildman–Crippen LogP) is 2.63. The first kappa shape index (κ1) is 21.2. The summed E-state index contributed by atoms with van der Waals surface area (Å²) in [7, 11) is 0. The Morgan fingerprint density at radius 1 is 1.22 bits per heavy atom. The van der Waals surface area contributed by atoms with Crippen LogP contribution in [0.25, 0.3) is 0 Å². The quantitative estimate of drug-likeness (QED) is 0.721. The van der Waals surface area contributed by atoms with Crippen LogP contribution in [0.1, 0.15) is 50.4 Å². The number of amides is 1. The van der Waals surface area contributed by atoms with Crippen LogP contribution in [0, 0.1) is 0 Å². The molecule has 27 heavy (non-hydrogen) atoms. The molecule has 150 valence electrons.